The number of amides is 2. The van der Waals surface area contributed by atoms with Crippen LogP contribution >= 0.6 is 0 Å². The van der Waals surface area contributed by atoms with Gasteiger partial charge in [-0.05, 0) is 37.0 Å². The molecule has 0 spiro atoms. The fraction of sp³-hybridized carbons (Fsp3) is 0.533. The van der Waals surface area contributed by atoms with Crippen molar-refractivity contribution in [2.45, 2.75) is 33.1 Å². The van der Waals surface area contributed by atoms with Gasteiger partial charge in [-0.25, -0.2) is 4.79 Å². The Kier molecular flexibility index (Phi) is 6.97. The Labute approximate surface area is 115 Å². The Bertz CT molecular complexity index is 374. The maximum absolute atomic E-state index is 11.6. The molecule has 1 rings (SSSR count). The van der Waals surface area contributed by atoms with Gasteiger partial charge in [-0.1, -0.05) is 26.0 Å². The van der Waals surface area contributed by atoms with Crippen LogP contribution in [0.1, 0.15) is 38.7 Å². The molecule has 0 bridgehead atoms. The summed E-state index contributed by atoms with van der Waals surface area (Å²) in [4.78, 5) is 11.6. The molecule has 2 N–H and O–H groups in total. The van der Waals surface area contributed by atoms with Crippen LogP contribution < -0.4 is 10.6 Å². The van der Waals surface area contributed by atoms with Crippen LogP contribution in [0.15, 0.2) is 24.3 Å². The maximum atomic E-state index is 11.6. The molecule has 0 aliphatic rings. The van der Waals surface area contributed by atoms with E-state index >= 15 is 0 Å². The lowest BCUT2D eigenvalue weighted by Crippen LogP contribution is -2.30. The van der Waals surface area contributed by atoms with E-state index in [-0.39, 0.29) is 6.03 Å². The first kappa shape index (κ1) is 15.5. The van der Waals surface area contributed by atoms with Gasteiger partial charge in [0.05, 0.1) is 0 Å². The molecule has 2 amide bonds. The van der Waals surface area contributed by atoms with Crippen molar-refractivity contribution in [2.75, 3.05) is 25.1 Å². The number of anilines is 1. The van der Waals surface area contributed by atoms with E-state index in [9.17, 15) is 4.79 Å². The van der Waals surface area contributed by atoms with Crippen molar-refractivity contribution >= 4 is 11.7 Å². The summed E-state index contributed by atoms with van der Waals surface area (Å²) in [7, 11) is 0. The van der Waals surface area contributed by atoms with Crippen molar-refractivity contribution in [3.05, 3.63) is 29.8 Å². The van der Waals surface area contributed by atoms with E-state index in [1.807, 2.05) is 31.2 Å². The van der Waals surface area contributed by atoms with Crippen molar-refractivity contribution in [3.63, 3.8) is 0 Å². The van der Waals surface area contributed by atoms with Crippen LogP contribution in [0.25, 0.3) is 0 Å². The number of carbonyl (C=O) groups is 1. The molecule has 4 heteroatoms. The minimum absolute atomic E-state index is 0.172. The zero-order valence-electron chi connectivity index (χ0n) is 12.0. The minimum atomic E-state index is -0.172. The highest BCUT2D eigenvalue weighted by Gasteiger charge is 2.02. The summed E-state index contributed by atoms with van der Waals surface area (Å²) in [6, 6.07) is 7.75. The summed E-state index contributed by atoms with van der Waals surface area (Å²) in [5, 5.41) is 5.61. The minimum Gasteiger partial charge on any atom is -0.382 e. The maximum Gasteiger partial charge on any atom is 0.319 e. The Morgan fingerprint density at radius 1 is 1.26 bits per heavy atom. The van der Waals surface area contributed by atoms with E-state index in [0.717, 1.165) is 12.1 Å². The first-order chi connectivity index (χ1) is 9.13. The summed E-state index contributed by atoms with van der Waals surface area (Å²) in [5.41, 5.74) is 2.08. The number of benzene rings is 1. The van der Waals surface area contributed by atoms with Crippen LogP contribution in [0.2, 0.25) is 0 Å². The lowest BCUT2D eigenvalue weighted by Gasteiger charge is -2.09. The summed E-state index contributed by atoms with van der Waals surface area (Å²) >= 11 is 0. The van der Waals surface area contributed by atoms with Gasteiger partial charge in [-0.15, -0.1) is 0 Å². The number of ether oxygens (including phenoxy) is 1. The zero-order chi connectivity index (χ0) is 14.1. The quantitative estimate of drug-likeness (QED) is 0.742. The van der Waals surface area contributed by atoms with Crippen molar-refractivity contribution in [3.8, 4) is 0 Å². The smallest absolute Gasteiger partial charge is 0.319 e. The highest BCUT2D eigenvalue weighted by Crippen LogP contribution is 2.16. The average Bonchev–Trinajstić information content (AvgIpc) is 2.39. The second kappa shape index (κ2) is 8.53. The lowest BCUT2D eigenvalue weighted by molar-refractivity contribution is 0.145. The van der Waals surface area contributed by atoms with Crippen LogP contribution in [0, 0.1) is 0 Å². The molecule has 0 radical (unpaired) electrons. The van der Waals surface area contributed by atoms with Gasteiger partial charge in [0, 0.05) is 25.4 Å². The second-order valence-electron chi connectivity index (χ2n) is 4.71. The van der Waals surface area contributed by atoms with Crippen LogP contribution in [0.5, 0.6) is 0 Å². The van der Waals surface area contributed by atoms with Gasteiger partial charge in [0.15, 0.2) is 0 Å². The summed E-state index contributed by atoms with van der Waals surface area (Å²) in [6.07, 6.45) is 0.827. The summed E-state index contributed by atoms with van der Waals surface area (Å²) in [6.45, 7) is 8.27. The van der Waals surface area contributed by atoms with Gasteiger partial charge in [0.1, 0.15) is 0 Å². The Hall–Kier alpha value is -1.55. The second-order valence-corrected chi connectivity index (χ2v) is 4.71. The third kappa shape index (κ3) is 6.25. The standard InChI is InChI=1S/C15H24N2O2/c1-4-19-11-5-10-16-15(18)17-14-8-6-13(7-9-14)12(2)3/h6-9,12H,4-5,10-11H2,1-3H3,(H2,16,17,18). The van der Waals surface area contributed by atoms with Crippen LogP contribution in [-0.4, -0.2) is 25.8 Å². The monoisotopic (exact) mass is 264 g/mol. The Morgan fingerprint density at radius 3 is 2.53 bits per heavy atom. The molecule has 0 saturated heterocycles. The van der Waals surface area contributed by atoms with Gasteiger partial charge in [-0.2, -0.15) is 0 Å². The van der Waals surface area contributed by atoms with E-state index in [1.54, 1.807) is 0 Å². The Balaban J connectivity index is 2.28. The molecule has 0 aliphatic heterocycles. The molecule has 0 saturated carbocycles. The molecule has 1 aromatic carbocycles. The van der Waals surface area contributed by atoms with Gasteiger partial charge < -0.3 is 15.4 Å². The van der Waals surface area contributed by atoms with E-state index in [2.05, 4.69) is 24.5 Å². The summed E-state index contributed by atoms with van der Waals surface area (Å²) in [5.74, 6) is 0.501. The zero-order valence-corrected chi connectivity index (χ0v) is 12.0. The van der Waals surface area contributed by atoms with Crippen LogP contribution in [0.3, 0.4) is 0 Å². The van der Waals surface area contributed by atoms with E-state index < -0.39 is 0 Å². The molecule has 0 aromatic heterocycles. The number of hydrogen-bond acceptors (Lipinski definition) is 2. The molecule has 0 fully saturated rings. The van der Waals surface area contributed by atoms with E-state index in [4.69, 9.17) is 4.74 Å². The molecule has 0 aliphatic carbocycles. The fourth-order valence-corrected chi connectivity index (χ4v) is 1.65. The molecular formula is C15H24N2O2. The highest BCUT2D eigenvalue weighted by molar-refractivity contribution is 5.89. The SMILES string of the molecule is CCOCCCNC(=O)Nc1ccc(C(C)C)cc1. The average molecular weight is 264 g/mol. The van der Waals surface area contributed by atoms with Gasteiger partial charge in [0.25, 0.3) is 0 Å². The predicted molar refractivity (Wildman–Crippen MR) is 78.7 cm³/mol. The molecular weight excluding hydrogens is 240 g/mol. The van der Waals surface area contributed by atoms with Crippen molar-refractivity contribution in [1.82, 2.24) is 5.32 Å². The van der Waals surface area contributed by atoms with Crippen LogP contribution in [-0.2, 0) is 4.74 Å². The van der Waals surface area contributed by atoms with Crippen molar-refractivity contribution in [2.24, 2.45) is 0 Å². The highest BCUT2D eigenvalue weighted by atomic mass is 16.5. The summed E-state index contributed by atoms with van der Waals surface area (Å²) < 4.78 is 5.20. The molecule has 0 unspecified atom stereocenters. The van der Waals surface area contributed by atoms with Crippen LogP contribution in [0.4, 0.5) is 10.5 Å². The van der Waals surface area contributed by atoms with Crippen molar-refractivity contribution < 1.29 is 9.53 Å². The number of hydrogen-bond donors (Lipinski definition) is 2. The molecule has 4 nitrogen and oxygen atoms in total. The third-order valence-electron chi connectivity index (χ3n) is 2.79. The van der Waals surface area contributed by atoms with Gasteiger partial charge in [0.2, 0.25) is 0 Å². The first-order valence-electron chi connectivity index (χ1n) is 6.86. The van der Waals surface area contributed by atoms with E-state index in [0.29, 0.717) is 25.7 Å². The number of carbonyl (C=O) groups excluding carboxylic acids is 1. The molecule has 106 valence electrons. The number of urea groups is 1. The third-order valence-corrected chi connectivity index (χ3v) is 2.79. The molecule has 1 aromatic rings. The first-order valence-corrected chi connectivity index (χ1v) is 6.86. The van der Waals surface area contributed by atoms with Gasteiger partial charge in [-0.3, -0.25) is 0 Å². The van der Waals surface area contributed by atoms with Crippen molar-refractivity contribution in [1.29, 1.82) is 0 Å². The molecule has 0 heterocycles. The predicted octanol–water partition coefficient (Wildman–Crippen LogP) is 3.36. The number of rotatable bonds is 7. The molecule has 19 heavy (non-hydrogen) atoms. The topological polar surface area (TPSA) is 50.4 Å². The largest absolute Gasteiger partial charge is 0.382 e. The Morgan fingerprint density at radius 2 is 1.95 bits per heavy atom. The number of nitrogens with one attached hydrogen (secondary N) is 2. The lowest BCUT2D eigenvalue weighted by atomic mass is 10.0. The van der Waals surface area contributed by atoms with E-state index in [1.165, 1.54) is 5.56 Å². The molecule has 0 atom stereocenters. The fourth-order valence-electron chi connectivity index (χ4n) is 1.65. The normalized spacial score (nSPS) is 10.5. The van der Waals surface area contributed by atoms with Gasteiger partial charge >= 0.3 is 6.03 Å².